The molecule has 0 spiro atoms. The van der Waals surface area contributed by atoms with Gasteiger partial charge in [-0.1, -0.05) is 44.2 Å². The number of aliphatic hydroxyl groups excluding tert-OH is 2. The number of carbonyl (C=O) groups excluding carboxylic acids is 2. The molecular formula is C29H43NO5. The van der Waals surface area contributed by atoms with Crippen LogP contribution in [0.3, 0.4) is 0 Å². The first-order valence-electron chi connectivity index (χ1n) is 13.4. The zero-order chi connectivity index (χ0) is 25.4. The van der Waals surface area contributed by atoms with E-state index >= 15 is 0 Å². The molecule has 6 heteroatoms. The minimum absolute atomic E-state index is 0.0154. The van der Waals surface area contributed by atoms with Crippen molar-refractivity contribution in [1.82, 2.24) is 0 Å². The van der Waals surface area contributed by atoms with Crippen molar-refractivity contribution in [2.75, 3.05) is 13.2 Å². The highest BCUT2D eigenvalue weighted by atomic mass is 16.3. The molecule has 5 rings (SSSR count). The van der Waals surface area contributed by atoms with Crippen LogP contribution >= 0.6 is 0 Å². The van der Waals surface area contributed by atoms with E-state index in [2.05, 4.69) is 19.1 Å². The molecule has 0 unspecified atom stereocenters. The van der Waals surface area contributed by atoms with Crippen molar-refractivity contribution in [2.24, 2.45) is 40.2 Å². The van der Waals surface area contributed by atoms with Crippen LogP contribution in [0.2, 0.25) is 0 Å². The Labute approximate surface area is 209 Å². The molecule has 5 N–H and O–H groups in total. The van der Waals surface area contributed by atoms with Gasteiger partial charge in [0.15, 0.2) is 5.78 Å². The van der Waals surface area contributed by atoms with Crippen LogP contribution < -0.4 is 5.73 Å². The number of aliphatic hydroxyl groups is 3. The minimum atomic E-state index is -1.58. The maximum Gasteiger partial charge on any atom is 0.190 e. The molecule has 0 amide bonds. The van der Waals surface area contributed by atoms with E-state index in [9.17, 15) is 24.9 Å². The fourth-order valence-electron chi connectivity index (χ4n) is 8.45. The monoisotopic (exact) mass is 485 g/mol. The highest BCUT2D eigenvalue weighted by Crippen LogP contribution is 2.67. The van der Waals surface area contributed by atoms with Gasteiger partial charge in [-0.25, -0.2) is 0 Å². The van der Waals surface area contributed by atoms with Crippen molar-refractivity contribution < 1.29 is 24.9 Å². The van der Waals surface area contributed by atoms with Gasteiger partial charge in [0, 0.05) is 17.8 Å². The standard InChI is InChI=1S/C21H32O5.C8H11N/c1-19-7-5-13(23)9-12(19)3-4-14-15-6-8-21(26,17(25)11-22)20(15,2)10-16(24)18(14)19;9-7-6-8-4-2-1-3-5-8/h12-15,18,22-23,26H,3-11H2,1-2H3;1-5H,6-7,9H2/t12-,13-,14+,15+,18-,19+,20+,21+;/m1./s1. The van der Waals surface area contributed by atoms with Gasteiger partial charge in [-0.05, 0) is 86.6 Å². The molecule has 194 valence electrons. The van der Waals surface area contributed by atoms with Gasteiger partial charge >= 0.3 is 0 Å². The first-order chi connectivity index (χ1) is 16.6. The van der Waals surface area contributed by atoms with E-state index in [1.165, 1.54) is 5.56 Å². The van der Waals surface area contributed by atoms with Crippen molar-refractivity contribution in [3.8, 4) is 0 Å². The van der Waals surface area contributed by atoms with Crippen molar-refractivity contribution >= 4 is 11.6 Å². The Bertz CT molecular complexity index is 921. The second-order valence-electron chi connectivity index (χ2n) is 12.0. The Hall–Kier alpha value is -1.60. The van der Waals surface area contributed by atoms with Crippen LogP contribution in [0, 0.1) is 34.5 Å². The maximum absolute atomic E-state index is 13.4. The highest BCUT2D eigenvalue weighted by molar-refractivity contribution is 5.92. The fraction of sp³-hybridized carbons (Fsp3) is 0.724. The third-order valence-electron chi connectivity index (χ3n) is 10.4. The lowest BCUT2D eigenvalue weighted by Gasteiger charge is -2.60. The number of fused-ring (bicyclic) bond motifs is 5. The summed E-state index contributed by atoms with van der Waals surface area (Å²) in [5.74, 6) is 0.380. The third kappa shape index (κ3) is 4.41. The van der Waals surface area contributed by atoms with Crippen LogP contribution in [-0.2, 0) is 16.0 Å². The molecule has 0 saturated heterocycles. The molecule has 0 radical (unpaired) electrons. The smallest absolute Gasteiger partial charge is 0.190 e. The van der Waals surface area contributed by atoms with Gasteiger partial charge in [-0.3, -0.25) is 9.59 Å². The van der Waals surface area contributed by atoms with E-state index in [0.29, 0.717) is 12.3 Å². The zero-order valence-electron chi connectivity index (χ0n) is 21.3. The number of hydrogen-bond acceptors (Lipinski definition) is 6. The third-order valence-corrected chi connectivity index (χ3v) is 10.4. The molecule has 4 aliphatic rings. The van der Waals surface area contributed by atoms with Crippen LogP contribution in [0.4, 0.5) is 0 Å². The maximum atomic E-state index is 13.4. The van der Waals surface area contributed by atoms with Gasteiger partial charge in [-0.2, -0.15) is 0 Å². The fourth-order valence-corrected chi connectivity index (χ4v) is 8.45. The number of benzene rings is 1. The molecule has 35 heavy (non-hydrogen) atoms. The van der Waals surface area contributed by atoms with Crippen molar-refractivity contribution in [2.45, 2.75) is 83.3 Å². The van der Waals surface area contributed by atoms with E-state index in [-0.39, 0.29) is 41.5 Å². The van der Waals surface area contributed by atoms with Crippen LogP contribution in [0.1, 0.15) is 70.8 Å². The van der Waals surface area contributed by atoms with Crippen LogP contribution in [0.15, 0.2) is 30.3 Å². The summed E-state index contributed by atoms with van der Waals surface area (Å²) in [5.41, 5.74) is 4.28. The molecule has 4 aliphatic carbocycles. The lowest BCUT2D eigenvalue weighted by Crippen LogP contribution is -2.62. The van der Waals surface area contributed by atoms with Gasteiger partial charge < -0.3 is 21.1 Å². The summed E-state index contributed by atoms with van der Waals surface area (Å²) in [6, 6.07) is 10.3. The summed E-state index contributed by atoms with van der Waals surface area (Å²) in [4.78, 5) is 25.7. The molecule has 6 nitrogen and oxygen atoms in total. The molecule has 0 heterocycles. The molecule has 8 atom stereocenters. The molecule has 0 aliphatic heterocycles. The lowest BCUT2D eigenvalue weighted by molar-refractivity contribution is -0.180. The number of hydrogen-bond donors (Lipinski definition) is 4. The Kier molecular flexibility index (Phi) is 7.59. The van der Waals surface area contributed by atoms with E-state index < -0.39 is 23.4 Å². The summed E-state index contributed by atoms with van der Waals surface area (Å²) in [7, 11) is 0. The Morgan fingerprint density at radius 3 is 2.46 bits per heavy atom. The molecule has 4 saturated carbocycles. The van der Waals surface area contributed by atoms with Gasteiger partial charge in [0.1, 0.15) is 18.0 Å². The lowest BCUT2D eigenvalue weighted by atomic mass is 9.44. The summed E-state index contributed by atoms with van der Waals surface area (Å²) in [6.45, 7) is 4.20. The Balaban J connectivity index is 0.000000271. The Morgan fingerprint density at radius 1 is 1.09 bits per heavy atom. The second kappa shape index (κ2) is 10.0. The van der Waals surface area contributed by atoms with Gasteiger partial charge in [0.05, 0.1) is 6.10 Å². The first kappa shape index (κ1) is 26.5. The summed E-state index contributed by atoms with van der Waals surface area (Å²) in [6.07, 6.45) is 6.46. The second-order valence-corrected chi connectivity index (χ2v) is 12.0. The number of rotatable bonds is 4. The normalized spacial score (nSPS) is 42.2. The molecule has 1 aromatic rings. The van der Waals surface area contributed by atoms with E-state index in [1.807, 2.05) is 25.1 Å². The number of nitrogens with two attached hydrogens (primary N) is 1. The molecular weight excluding hydrogens is 442 g/mol. The average Bonchev–Trinajstić information content (AvgIpc) is 3.11. The van der Waals surface area contributed by atoms with Crippen molar-refractivity contribution in [3.63, 3.8) is 0 Å². The van der Waals surface area contributed by atoms with E-state index in [4.69, 9.17) is 5.73 Å². The van der Waals surface area contributed by atoms with Gasteiger partial charge in [-0.15, -0.1) is 0 Å². The predicted molar refractivity (Wildman–Crippen MR) is 134 cm³/mol. The van der Waals surface area contributed by atoms with Crippen LogP contribution in [-0.4, -0.2) is 51.7 Å². The van der Waals surface area contributed by atoms with Crippen molar-refractivity contribution in [3.05, 3.63) is 35.9 Å². The van der Waals surface area contributed by atoms with E-state index in [1.54, 1.807) is 0 Å². The highest BCUT2D eigenvalue weighted by Gasteiger charge is 2.68. The van der Waals surface area contributed by atoms with Gasteiger partial charge in [0.25, 0.3) is 0 Å². The topological polar surface area (TPSA) is 121 Å². The minimum Gasteiger partial charge on any atom is -0.393 e. The zero-order valence-corrected chi connectivity index (χ0v) is 21.3. The number of Topliss-reactive ketones (excluding diaryl/α,β-unsaturated/α-hetero) is 2. The molecule has 0 bridgehead atoms. The molecule has 4 fully saturated rings. The van der Waals surface area contributed by atoms with Crippen LogP contribution in [0.5, 0.6) is 0 Å². The van der Waals surface area contributed by atoms with E-state index in [0.717, 1.165) is 51.5 Å². The summed E-state index contributed by atoms with van der Waals surface area (Å²) < 4.78 is 0. The van der Waals surface area contributed by atoms with Crippen LogP contribution in [0.25, 0.3) is 0 Å². The number of carbonyl (C=O) groups is 2. The number of ketones is 2. The largest absolute Gasteiger partial charge is 0.393 e. The summed E-state index contributed by atoms with van der Waals surface area (Å²) >= 11 is 0. The molecule has 1 aromatic carbocycles. The predicted octanol–water partition coefficient (Wildman–Crippen LogP) is 3.05. The summed E-state index contributed by atoms with van der Waals surface area (Å²) in [5, 5.41) is 30.6. The first-order valence-corrected chi connectivity index (χ1v) is 13.4. The SMILES string of the molecule is C[C@]12CC[C@@H](O)C[C@H]1CC[C@@H]1[C@@H]2C(=O)C[C@@]2(C)[C@H]1CC[C@]2(O)C(=O)CO.NCCc1ccccc1. The Morgan fingerprint density at radius 2 is 1.80 bits per heavy atom. The van der Waals surface area contributed by atoms with Crippen molar-refractivity contribution in [1.29, 1.82) is 0 Å². The average molecular weight is 486 g/mol. The molecule has 0 aromatic heterocycles. The quantitative estimate of drug-likeness (QED) is 0.520. The van der Waals surface area contributed by atoms with Gasteiger partial charge in [0.2, 0.25) is 0 Å².